The highest BCUT2D eigenvalue weighted by Crippen LogP contribution is 2.27. The zero-order valence-corrected chi connectivity index (χ0v) is 9.95. The highest BCUT2D eigenvalue weighted by Gasteiger charge is 2.32. The second-order valence-corrected chi connectivity index (χ2v) is 6.80. The highest BCUT2D eigenvalue weighted by molar-refractivity contribution is 8.01. The number of nitrogens with zero attached hydrogens (tertiary/aromatic N) is 1. The van der Waals surface area contributed by atoms with Crippen LogP contribution in [0.2, 0.25) is 0 Å². The highest BCUT2D eigenvalue weighted by atomic mass is 32.2. The fourth-order valence-corrected chi connectivity index (χ4v) is 1.74. The van der Waals surface area contributed by atoms with Gasteiger partial charge in [-0.25, -0.2) is 0 Å². The van der Waals surface area contributed by atoms with Gasteiger partial charge in [0.2, 0.25) is 0 Å². The maximum Gasteiger partial charge on any atom is 0.433 e. The molecule has 0 amide bonds. The van der Waals surface area contributed by atoms with E-state index in [1.165, 1.54) is 6.07 Å². The third kappa shape index (κ3) is 2.98. The van der Waals surface area contributed by atoms with Gasteiger partial charge in [0.05, 0.1) is 0 Å². The minimum Gasteiger partial charge on any atom is -0.268 e. The fourth-order valence-electron chi connectivity index (χ4n) is 1.05. The predicted molar refractivity (Wildman–Crippen MR) is 59.0 cm³/mol. The summed E-state index contributed by atoms with van der Waals surface area (Å²) >= 11 is 0. The smallest absolute Gasteiger partial charge is 0.268 e. The Morgan fingerprint density at radius 1 is 1.31 bits per heavy atom. The molecule has 2 nitrogen and oxygen atoms in total. The van der Waals surface area contributed by atoms with Crippen molar-refractivity contribution in [3.8, 4) is 0 Å². The molecule has 0 aliphatic rings. The monoisotopic (exact) mass is 251 g/mol. The maximum absolute atomic E-state index is 12.2. The van der Waals surface area contributed by atoms with Crippen molar-refractivity contribution in [3.63, 3.8) is 0 Å². The standard InChI is InChI=1S/C10H12F3NOS/c1-7(16(2,3)15)8-4-5-9(14-6-8)10(11,12)13/h4-6H,1-3H3. The minimum atomic E-state index is -4.44. The lowest BCUT2D eigenvalue weighted by Gasteiger charge is -2.08. The predicted octanol–water partition coefficient (Wildman–Crippen LogP) is 2.18. The van der Waals surface area contributed by atoms with E-state index in [-0.39, 0.29) is 0 Å². The molecular weight excluding hydrogens is 239 g/mol. The van der Waals surface area contributed by atoms with Crippen molar-refractivity contribution in [2.45, 2.75) is 13.1 Å². The van der Waals surface area contributed by atoms with Crippen molar-refractivity contribution in [1.82, 2.24) is 4.98 Å². The fraction of sp³-hybridized carbons (Fsp3) is 0.400. The van der Waals surface area contributed by atoms with Crippen molar-refractivity contribution < 1.29 is 17.4 Å². The molecule has 1 aromatic rings. The number of alkyl halides is 3. The molecule has 0 spiro atoms. The zero-order chi connectivity index (χ0) is 12.6. The van der Waals surface area contributed by atoms with Gasteiger partial charge in [0.1, 0.15) is 5.69 Å². The molecule has 1 aromatic heterocycles. The molecule has 0 unspecified atom stereocenters. The van der Waals surface area contributed by atoms with E-state index < -0.39 is 21.4 Å². The number of halogens is 3. The third-order valence-electron chi connectivity index (χ3n) is 2.20. The summed E-state index contributed by atoms with van der Waals surface area (Å²) in [4.78, 5) is 3.86. The first-order valence-electron chi connectivity index (χ1n) is 4.44. The molecule has 0 fully saturated rings. The molecule has 16 heavy (non-hydrogen) atoms. The second kappa shape index (κ2) is 4.08. The third-order valence-corrected chi connectivity index (χ3v) is 3.91. The molecular formula is C10H12F3NOS. The Hall–Kier alpha value is -1.04. The minimum absolute atomic E-state index is 0.475. The van der Waals surface area contributed by atoms with Crippen LogP contribution in [-0.4, -0.2) is 26.6 Å². The van der Waals surface area contributed by atoms with E-state index in [2.05, 4.69) is 4.98 Å². The van der Waals surface area contributed by atoms with E-state index in [4.69, 9.17) is 0 Å². The van der Waals surface area contributed by atoms with E-state index in [0.717, 1.165) is 12.3 Å². The van der Waals surface area contributed by atoms with Crippen molar-refractivity contribution in [3.05, 3.63) is 29.6 Å². The molecule has 0 saturated carbocycles. The molecule has 1 heterocycles. The van der Waals surface area contributed by atoms with Crippen LogP contribution in [-0.2, 0) is 15.7 Å². The van der Waals surface area contributed by atoms with Gasteiger partial charge in [-0.05, 0) is 22.5 Å². The van der Waals surface area contributed by atoms with Crippen LogP contribution in [0.4, 0.5) is 13.2 Å². The quantitative estimate of drug-likeness (QED) is 0.565. The molecule has 0 radical (unpaired) electrons. The van der Waals surface area contributed by atoms with Crippen LogP contribution in [0.25, 0.3) is 0 Å². The average molecular weight is 251 g/mol. The summed E-state index contributed by atoms with van der Waals surface area (Å²) in [6, 6.07) is 2.18. The van der Waals surface area contributed by atoms with E-state index in [1.54, 1.807) is 19.4 Å². The number of pyridine rings is 1. The Balaban J connectivity index is 3.21. The van der Waals surface area contributed by atoms with Crippen molar-refractivity contribution in [2.75, 3.05) is 12.5 Å². The summed E-state index contributed by atoms with van der Waals surface area (Å²) in [5, 5.41) is 0. The summed E-state index contributed by atoms with van der Waals surface area (Å²) in [5.74, 6) is 0. The first kappa shape index (κ1) is 13.0. The Labute approximate surface area is 92.5 Å². The van der Waals surface area contributed by atoms with Gasteiger partial charge in [-0.15, -0.1) is 0 Å². The summed E-state index contributed by atoms with van der Waals surface area (Å²) in [6.07, 6.45) is -0.253. The average Bonchev–Trinajstić information content (AvgIpc) is 2.14. The molecule has 0 bridgehead atoms. The lowest BCUT2D eigenvalue weighted by Crippen LogP contribution is -2.12. The summed E-state index contributed by atoms with van der Waals surface area (Å²) in [7, 11) is -2.16. The zero-order valence-electron chi connectivity index (χ0n) is 9.13. The van der Waals surface area contributed by atoms with Crippen LogP contribution in [0, 0.1) is 0 Å². The van der Waals surface area contributed by atoms with Crippen LogP contribution < -0.4 is 0 Å². The van der Waals surface area contributed by atoms with E-state index in [1.807, 2.05) is 0 Å². The van der Waals surface area contributed by atoms with Crippen molar-refractivity contribution >= 4 is 14.4 Å². The SMILES string of the molecule is CC(c1ccc(C(F)(F)F)nc1)=S(C)(C)=O. The maximum atomic E-state index is 12.2. The largest absolute Gasteiger partial charge is 0.433 e. The summed E-state index contributed by atoms with van der Waals surface area (Å²) < 4.78 is 48.4. The van der Waals surface area contributed by atoms with Gasteiger partial charge in [0.25, 0.3) is 0 Å². The van der Waals surface area contributed by atoms with Gasteiger partial charge in [-0.1, -0.05) is 6.07 Å². The van der Waals surface area contributed by atoms with Gasteiger partial charge in [0, 0.05) is 29.1 Å². The molecule has 0 atom stereocenters. The van der Waals surface area contributed by atoms with E-state index in [0.29, 0.717) is 10.4 Å². The number of aromatic nitrogens is 1. The number of hydrogen-bond donors (Lipinski definition) is 0. The Morgan fingerprint density at radius 2 is 1.88 bits per heavy atom. The van der Waals surface area contributed by atoms with E-state index >= 15 is 0 Å². The molecule has 0 saturated heterocycles. The normalized spacial score (nSPS) is 12.6. The lowest BCUT2D eigenvalue weighted by atomic mass is 10.2. The number of rotatable bonds is 1. The molecule has 1 rings (SSSR count). The Kier molecular flexibility index (Phi) is 3.33. The van der Waals surface area contributed by atoms with Crippen LogP contribution in [0.1, 0.15) is 18.2 Å². The van der Waals surface area contributed by atoms with Crippen LogP contribution in [0.3, 0.4) is 0 Å². The molecule has 6 heteroatoms. The second-order valence-electron chi connectivity index (χ2n) is 3.72. The van der Waals surface area contributed by atoms with Gasteiger partial charge in [-0.3, -0.25) is 9.19 Å². The van der Waals surface area contributed by atoms with Crippen LogP contribution in [0.5, 0.6) is 0 Å². The topological polar surface area (TPSA) is 30.0 Å². The molecule has 0 N–H and O–H groups in total. The first-order chi connectivity index (χ1) is 7.12. The molecule has 0 aliphatic heterocycles. The Bertz CT molecular complexity index is 488. The van der Waals surface area contributed by atoms with Gasteiger partial charge in [0.15, 0.2) is 0 Å². The van der Waals surface area contributed by atoms with Crippen LogP contribution >= 0.6 is 0 Å². The van der Waals surface area contributed by atoms with Crippen molar-refractivity contribution in [2.24, 2.45) is 0 Å². The Morgan fingerprint density at radius 3 is 2.19 bits per heavy atom. The van der Waals surface area contributed by atoms with Crippen molar-refractivity contribution in [1.29, 1.82) is 0 Å². The summed E-state index contributed by atoms with van der Waals surface area (Å²) in [6.45, 7) is 1.63. The molecule has 0 aromatic carbocycles. The molecule has 90 valence electrons. The van der Waals surface area contributed by atoms with Crippen LogP contribution in [0.15, 0.2) is 18.3 Å². The molecule has 0 aliphatic carbocycles. The lowest BCUT2D eigenvalue weighted by molar-refractivity contribution is -0.141. The van der Waals surface area contributed by atoms with Gasteiger partial charge >= 0.3 is 6.18 Å². The first-order valence-corrected chi connectivity index (χ1v) is 6.81. The number of hydrogen-bond acceptors (Lipinski definition) is 2. The summed E-state index contributed by atoms with van der Waals surface area (Å²) in [5.41, 5.74) is -0.467. The van der Waals surface area contributed by atoms with Gasteiger partial charge in [-0.2, -0.15) is 13.2 Å². The van der Waals surface area contributed by atoms with E-state index in [9.17, 15) is 17.4 Å². The van der Waals surface area contributed by atoms with Gasteiger partial charge < -0.3 is 0 Å².